The zero-order chi connectivity index (χ0) is 20.1. The van der Waals surface area contributed by atoms with Gasteiger partial charge in [0.2, 0.25) is 5.91 Å². The van der Waals surface area contributed by atoms with E-state index in [2.05, 4.69) is 50.5 Å². The van der Waals surface area contributed by atoms with Crippen LogP contribution in [0.4, 0.5) is 0 Å². The van der Waals surface area contributed by atoms with Crippen molar-refractivity contribution < 1.29 is 9.53 Å². The Morgan fingerprint density at radius 1 is 1.24 bits per heavy atom. The number of aromatic nitrogens is 2. The molecule has 0 spiro atoms. The van der Waals surface area contributed by atoms with E-state index in [1.54, 1.807) is 0 Å². The molecular formula is C23H28N4O2. The van der Waals surface area contributed by atoms with Gasteiger partial charge in [-0.15, -0.1) is 0 Å². The molecule has 2 N–H and O–H groups in total. The zero-order valence-electron chi connectivity index (χ0n) is 16.9. The van der Waals surface area contributed by atoms with Crippen LogP contribution in [0.3, 0.4) is 0 Å². The lowest BCUT2D eigenvalue weighted by molar-refractivity contribution is -0.126. The van der Waals surface area contributed by atoms with Crippen LogP contribution < -0.4 is 5.32 Å². The van der Waals surface area contributed by atoms with Gasteiger partial charge in [-0.25, -0.2) is 4.98 Å². The molecule has 29 heavy (non-hydrogen) atoms. The highest BCUT2D eigenvalue weighted by molar-refractivity contribution is 5.78. The smallest absolute Gasteiger partial charge is 0.246 e. The molecule has 2 heterocycles. The molecule has 0 radical (unpaired) electrons. The number of ether oxygens (including phenoxy) is 1. The molecule has 6 nitrogen and oxygen atoms in total. The fourth-order valence-electron chi connectivity index (χ4n) is 3.97. The number of aryl methyl sites for hydroxylation is 1. The summed E-state index contributed by atoms with van der Waals surface area (Å²) < 4.78 is 5.53. The fourth-order valence-corrected chi connectivity index (χ4v) is 3.97. The van der Waals surface area contributed by atoms with Crippen LogP contribution in [0.15, 0.2) is 48.5 Å². The third-order valence-electron chi connectivity index (χ3n) is 5.53. The number of aromatic amines is 1. The minimum absolute atomic E-state index is 0.0443. The summed E-state index contributed by atoms with van der Waals surface area (Å²) in [7, 11) is 0. The molecule has 1 aromatic heterocycles. The van der Waals surface area contributed by atoms with E-state index in [1.807, 2.05) is 25.1 Å². The summed E-state index contributed by atoms with van der Waals surface area (Å²) in [6.45, 7) is 6.03. The molecule has 4 rings (SSSR count). The number of para-hydroxylation sites is 1. The van der Waals surface area contributed by atoms with Crippen molar-refractivity contribution in [3.8, 4) is 0 Å². The zero-order valence-corrected chi connectivity index (χ0v) is 16.9. The number of fused-ring (bicyclic) bond motifs is 1. The van der Waals surface area contributed by atoms with Gasteiger partial charge in [0.1, 0.15) is 19.0 Å². The number of amides is 1. The van der Waals surface area contributed by atoms with Gasteiger partial charge in [0, 0.05) is 19.6 Å². The van der Waals surface area contributed by atoms with E-state index in [-0.39, 0.29) is 12.5 Å². The number of nitrogens with zero attached hydrogens (tertiary/aromatic N) is 2. The van der Waals surface area contributed by atoms with Crippen LogP contribution in [0.5, 0.6) is 0 Å². The molecule has 3 aromatic rings. The first-order valence-electron chi connectivity index (χ1n) is 10.2. The summed E-state index contributed by atoms with van der Waals surface area (Å²) in [6.07, 6.45) is 1.18. The lowest BCUT2D eigenvalue weighted by atomic mass is 9.99. The molecule has 6 heteroatoms. The van der Waals surface area contributed by atoms with Crippen molar-refractivity contribution >= 4 is 16.9 Å². The molecule has 1 aliphatic rings. The fraction of sp³-hybridized carbons (Fsp3) is 0.391. The number of H-pyrrole nitrogens is 1. The minimum Gasteiger partial charge on any atom is -0.364 e. The van der Waals surface area contributed by atoms with Gasteiger partial charge >= 0.3 is 0 Å². The second-order valence-electron chi connectivity index (χ2n) is 7.69. The highest BCUT2D eigenvalue weighted by atomic mass is 16.5. The van der Waals surface area contributed by atoms with Crippen LogP contribution in [-0.2, 0) is 16.1 Å². The van der Waals surface area contributed by atoms with Gasteiger partial charge in [0.25, 0.3) is 0 Å². The SMILES string of the molecule is Cc1cccc2[nH]c(COCC(=O)NCCN3CC[C@H](c4ccccc4)C3)nc12. The van der Waals surface area contributed by atoms with E-state index in [9.17, 15) is 4.79 Å². The first kappa shape index (κ1) is 19.6. The maximum atomic E-state index is 12.0. The van der Waals surface area contributed by atoms with Crippen molar-refractivity contribution in [1.29, 1.82) is 0 Å². The number of carbonyl (C=O) groups is 1. The number of hydrogen-bond donors (Lipinski definition) is 2. The summed E-state index contributed by atoms with van der Waals surface area (Å²) in [6, 6.07) is 16.7. The number of hydrogen-bond acceptors (Lipinski definition) is 4. The largest absolute Gasteiger partial charge is 0.364 e. The van der Waals surface area contributed by atoms with E-state index in [4.69, 9.17) is 4.74 Å². The minimum atomic E-state index is -0.0869. The normalized spacial score (nSPS) is 17.1. The monoisotopic (exact) mass is 392 g/mol. The van der Waals surface area contributed by atoms with Crippen molar-refractivity contribution in [2.45, 2.75) is 25.9 Å². The number of imidazole rings is 1. The summed E-state index contributed by atoms with van der Waals surface area (Å²) in [5.41, 5.74) is 4.48. The van der Waals surface area contributed by atoms with Gasteiger partial charge in [-0.05, 0) is 43.0 Å². The Balaban J connectivity index is 1.14. The second kappa shape index (κ2) is 9.20. The van der Waals surface area contributed by atoms with E-state index in [0.717, 1.165) is 42.1 Å². The lowest BCUT2D eigenvalue weighted by Gasteiger charge is -2.16. The van der Waals surface area contributed by atoms with Crippen molar-refractivity contribution in [3.63, 3.8) is 0 Å². The quantitative estimate of drug-likeness (QED) is 0.618. The predicted octanol–water partition coefficient (Wildman–Crippen LogP) is 2.99. The maximum Gasteiger partial charge on any atom is 0.246 e. The van der Waals surface area contributed by atoms with Gasteiger partial charge < -0.3 is 19.9 Å². The number of benzene rings is 2. The van der Waals surface area contributed by atoms with E-state index in [1.165, 1.54) is 12.0 Å². The Bertz CT molecular complexity index is 954. The van der Waals surface area contributed by atoms with Gasteiger partial charge in [-0.1, -0.05) is 42.5 Å². The van der Waals surface area contributed by atoms with Gasteiger partial charge in [-0.2, -0.15) is 0 Å². The molecule has 1 aliphatic heterocycles. The topological polar surface area (TPSA) is 70.2 Å². The molecule has 1 saturated heterocycles. The molecule has 0 unspecified atom stereocenters. The van der Waals surface area contributed by atoms with Crippen LogP contribution in [-0.4, -0.2) is 53.6 Å². The van der Waals surface area contributed by atoms with Gasteiger partial charge in [0.05, 0.1) is 11.0 Å². The second-order valence-corrected chi connectivity index (χ2v) is 7.69. The predicted molar refractivity (Wildman–Crippen MR) is 114 cm³/mol. The highest BCUT2D eigenvalue weighted by Gasteiger charge is 2.23. The van der Waals surface area contributed by atoms with E-state index < -0.39 is 0 Å². The number of likely N-dealkylation sites (tertiary alicyclic amines) is 1. The number of nitrogens with one attached hydrogen (secondary N) is 2. The van der Waals surface area contributed by atoms with Crippen molar-refractivity contribution in [3.05, 3.63) is 65.5 Å². The molecular weight excluding hydrogens is 364 g/mol. The number of rotatable bonds is 8. The van der Waals surface area contributed by atoms with Gasteiger partial charge in [-0.3, -0.25) is 4.79 Å². The first-order valence-corrected chi connectivity index (χ1v) is 10.2. The van der Waals surface area contributed by atoms with E-state index in [0.29, 0.717) is 19.1 Å². The number of carbonyl (C=O) groups excluding carboxylic acids is 1. The van der Waals surface area contributed by atoms with Crippen LogP contribution in [0.1, 0.15) is 29.3 Å². The third-order valence-corrected chi connectivity index (χ3v) is 5.53. The maximum absolute atomic E-state index is 12.0. The molecule has 152 valence electrons. The van der Waals surface area contributed by atoms with Crippen molar-refractivity contribution in [2.75, 3.05) is 32.8 Å². The summed E-state index contributed by atoms with van der Waals surface area (Å²) in [5.74, 6) is 1.25. The Morgan fingerprint density at radius 2 is 2.10 bits per heavy atom. The van der Waals surface area contributed by atoms with Crippen LogP contribution >= 0.6 is 0 Å². The molecule has 2 aromatic carbocycles. The average molecular weight is 393 g/mol. The van der Waals surface area contributed by atoms with Crippen LogP contribution in [0.25, 0.3) is 11.0 Å². The Morgan fingerprint density at radius 3 is 2.93 bits per heavy atom. The van der Waals surface area contributed by atoms with Gasteiger partial charge in [0.15, 0.2) is 0 Å². The van der Waals surface area contributed by atoms with Crippen molar-refractivity contribution in [1.82, 2.24) is 20.2 Å². The first-order chi connectivity index (χ1) is 14.2. The standard InChI is InChI=1S/C23H28N4O2/c1-17-6-5-9-20-23(17)26-21(25-20)15-29-16-22(28)24-11-13-27-12-10-19(14-27)18-7-3-2-4-8-18/h2-9,19H,10-16H2,1H3,(H,24,28)(H,25,26)/t19-/m0/s1. The lowest BCUT2D eigenvalue weighted by Crippen LogP contribution is -2.35. The van der Waals surface area contributed by atoms with Crippen molar-refractivity contribution in [2.24, 2.45) is 0 Å². The molecule has 1 fully saturated rings. The average Bonchev–Trinajstić information content (AvgIpc) is 3.36. The molecule has 0 bridgehead atoms. The summed E-state index contributed by atoms with van der Waals surface area (Å²) in [4.78, 5) is 22.2. The van der Waals surface area contributed by atoms with E-state index >= 15 is 0 Å². The highest BCUT2D eigenvalue weighted by Crippen LogP contribution is 2.26. The molecule has 1 amide bonds. The Kier molecular flexibility index (Phi) is 6.22. The third kappa shape index (κ3) is 5.02. The Hall–Kier alpha value is -2.70. The summed E-state index contributed by atoms with van der Waals surface area (Å²) in [5, 5.41) is 2.95. The molecule has 1 atom stereocenters. The molecule has 0 aliphatic carbocycles. The molecule has 0 saturated carbocycles. The van der Waals surface area contributed by atoms with Crippen LogP contribution in [0, 0.1) is 6.92 Å². The summed E-state index contributed by atoms with van der Waals surface area (Å²) >= 11 is 0. The van der Waals surface area contributed by atoms with Crippen LogP contribution in [0.2, 0.25) is 0 Å². The Labute approximate surface area is 171 Å².